The molecule has 0 radical (unpaired) electrons. The van der Waals surface area contributed by atoms with Crippen LogP contribution in [0, 0.1) is 12.8 Å². The number of aliphatic carboxylic acids is 1. The van der Waals surface area contributed by atoms with Crippen LogP contribution in [0.5, 0.6) is 0 Å². The molecule has 0 saturated heterocycles. The number of anilines is 1. The zero-order chi connectivity index (χ0) is 13.1. The van der Waals surface area contributed by atoms with Crippen molar-refractivity contribution >= 4 is 11.7 Å². The Morgan fingerprint density at radius 3 is 2.50 bits per heavy atom. The highest BCUT2D eigenvalue weighted by molar-refractivity contribution is 5.74. The molecule has 0 bridgehead atoms. The molecule has 1 fully saturated rings. The number of benzene rings is 1. The second kappa shape index (κ2) is 5.42. The SMILES string of the molecule is Cc1ccc(N(CC(=O)O)C(C)CC2CC2)cc1. The van der Waals surface area contributed by atoms with E-state index in [0.717, 1.165) is 18.0 Å². The first-order valence-corrected chi connectivity index (χ1v) is 6.61. The molecule has 2 rings (SSSR count). The molecule has 1 saturated carbocycles. The smallest absolute Gasteiger partial charge is 0.323 e. The number of hydrogen-bond acceptors (Lipinski definition) is 2. The van der Waals surface area contributed by atoms with Crippen LogP contribution in [-0.4, -0.2) is 23.7 Å². The summed E-state index contributed by atoms with van der Waals surface area (Å²) in [4.78, 5) is 13.0. The fraction of sp³-hybridized carbons (Fsp3) is 0.533. The number of aryl methyl sites for hydroxylation is 1. The van der Waals surface area contributed by atoms with E-state index >= 15 is 0 Å². The summed E-state index contributed by atoms with van der Waals surface area (Å²) >= 11 is 0. The topological polar surface area (TPSA) is 40.5 Å². The quantitative estimate of drug-likeness (QED) is 0.839. The summed E-state index contributed by atoms with van der Waals surface area (Å²) in [6.45, 7) is 4.25. The van der Waals surface area contributed by atoms with Crippen molar-refractivity contribution in [2.45, 2.75) is 39.2 Å². The van der Waals surface area contributed by atoms with Gasteiger partial charge in [0.25, 0.3) is 0 Å². The van der Waals surface area contributed by atoms with Crippen molar-refractivity contribution in [2.75, 3.05) is 11.4 Å². The van der Waals surface area contributed by atoms with Gasteiger partial charge in [-0.1, -0.05) is 30.5 Å². The summed E-state index contributed by atoms with van der Waals surface area (Å²) in [5, 5.41) is 9.06. The average molecular weight is 247 g/mol. The number of carbonyl (C=O) groups is 1. The van der Waals surface area contributed by atoms with Crippen molar-refractivity contribution in [1.29, 1.82) is 0 Å². The zero-order valence-corrected chi connectivity index (χ0v) is 11.1. The molecular weight excluding hydrogens is 226 g/mol. The molecule has 0 spiro atoms. The van der Waals surface area contributed by atoms with E-state index in [0.29, 0.717) is 0 Å². The third-order valence-corrected chi connectivity index (χ3v) is 3.57. The second-order valence-corrected chi connectivity index (χ2v) is 5.39. The maximum Gasteiger partial charge on any atom is 0.323 e. The normalized spacial score (nSPS) is 16.3. The van der Waals surface area contributed by atoms with Crippen LogP contribution in [0.3, 0.4) is 0 Å². The van der Waals surface area contributed by atoms with Gasteiger partial charge in [-0.05, 0) is 38.3 Å². The number of nitrogens with zero attached hydrogens (tertiary/aromatic N) is 1. The Labute approximate surface area is 108 Å². The molecule has 0 amide bonds. The number of rotatable bonds is 6. The Hall–Kier alpha value is -1.51. The van der Waals surface area contributed by atoms with E-state index in [9.17, 15) is 4.79 Å². The van der Waals surface area contributed by atoms with Crippen LogP contribution in [0.2, 0.25) is 0 Å². The predicted molar refractivity (Wildman–Crippen MR) is 73.0 cm³/mol. The Kier molecular flexibility index (Phi) is 3.90. The fourth-order valence-electron chi connectivity index (χ4n) is 2.35. The van der Waals surface area contributed by atoms with Crippen LogP contribution in [0.25, 0.3) is 0 Å². The van der Waals surface area contributed by atoms with Gasteiger partial charge < -0.3 is 10.0 Å². The van der Waals surface area contributed by atoms with E-state index in [1.807, 2.05) is 36.1 Å². The lowest BCUT2D eigenvalue weighted by atomic mass is 10.1. The van der Waals surface area contributed by atoms with Crippen molar-refractivity contribution in [3.63, 3.8) is 0 Å². The summed E-state index contributed by atoms with van der Waals surface area (Å²) in [6.07, 6.45) is 3.71. The third kappa shape index (κ3) is 3.49. The Bertz CT molecular complexity index is 409. The van der Waals surface area contributed by atoms with Gasteiger partial charge in [-0.3, -0.25) is 4.79 Å². The molecule has 0 aliphatic heterocycles. The fourth-order valence-corrected chi connectivity index (χ4v) is 2.35. The molecule has 1 unspecified atom stereocenters. The van der Waals surface area contributed by atoms with Gasteiger partial charge in [0.2, 0.25) is 0 Å². The minimum absolute atomic E-state index is 0.0803. The molecule has 1 aliphatic carbocycles. The highest BCUT2D eigenvalue weighted by Crippen LogP contribution is 2.35. The molecule has 3 nitrogen and oxygen atoms in total. The maximum atomic E-state index is 11.0. The molecule has 1 N–H and O–H groups in total. The van der Waals surface area contributed by atoms with E-state index in [1.54, 1.807) is 0 Å². The van der Waals surface area contributed by atoms with Gasteiger partial charge in [-0.15, -0.1) is 0 Å². The molecule has 1 aliphatic rings. The van der Waals surface area contributed by atoms with Crippen molar-refractivity contribution in [1.82, 2.24) is 0 Å². The van der Waals surface area contributed by atoms with Crippen molar-refractivity contribution in [3.8, 4) is 0 Å². The van der Waals surface area contributed by atoms with Gasteiger partial charge in [0.05, 0.1) is 0 Å². The van der Waals surface area contributed by atoms with E-state index in [1.165, 1.54) is 18.4 Å². The van der Waals surface area contributed by atoms with Crippen LogP contribution in [0.15, 0.2) is 24.3 Å². The van der Waals surface area contributed by atoms with Crippen LogP contribution in [0.1, 0.15) is 31.7 Å². The maximum absolute atomic E-state index is 11.0. The van der Waals surface area contributed by atoms with Gasteiger partial charge in [-0.2, -0.15) is 0 Å². The molecule has 1 aromatic rings. The first-order chi connectivity index (χ1) is 8.56. The number of carboxylic acids is 1. The number of hydrogen-bond donors (Lipinski definition) is 1. The van der Waals surface area contributed by atoms with E-state index in [2.05, 4.69) is 6.92 Å². The minimum atomic E-state index is -0.766. The lowest BCUT2D eigenvalue weighted by Crippen LogP contribution is -2.37. The van der Waals surface area contributed by atoms with Gasteiger partial charge in [0.1, 0.15) is 6.54 Å². The van der Waals surface area contributed by atoms with Gasteiger partial charge in [-0.25, -0.2) is 0 Å². The van der Waals surface area contributed by atoms with Gasteiger partial charge >= 0.3 is 5.97 Å². The molecule has 98 valence electrons. The van der Waals surface area contributed by atoms with Crippen LogP contribution in [-0.2, 0) is 4.79 Å². The lowest BCUT2D eigenvalue weighted by molar-refractivity contribution is -0.135. The molecule has 1 atom stereocenters. The van der Waals surface area contributed by atoms with Crippen LogP contribution in [0.4, 0.5) is 5.69 Å². The summed E-state index contributed by atoms with van der Waals surface area (Å²) in [7, 11) is 0. The molecule has 0 heterocycles. The van der Waals surface area contributed by atoms with Crippen molar-refractivity contribution < 1.29 is 9.90 Å². The summed E-state index contributed by atoms with van der Waals surface area (Å²) in [5.74, 6) is 0.0416. The molecule has 3 heteroatoms. The standard InChI is InChI=1S/C15H21NO2/c1-11-3-7-14(8-4-11)16(10-15(17)18)12(2)9-13-5-6-13/h3-4,7-8,12-13H,5-6,9-10H2,1-2H3,(H,17,18). The van der Waals surface area contributed by atoms with Gasteiger partial charge in [0.15, 0.2) is 0 Å². The zero-order valence-electron chi connectivity index (χ0n) is 11.1. The van der Waals surface area contributed by atoms with E-state index in [-0.39, 0.29) is 12.6 Å². The Morgan fingerprint density at radius 2 is 2.00 bits per heavy atom. The summed E-state index contributed by atoms with van der Waals surface area (Å²) < 4.78 is 0. The van der Waals surface area contributed by atoms with E-state index in [4.69, 9.17) is 5.11 Å². The van der Waals surface area contributed by atoms with Crippen LogP contribution >= 0.6 is 0 Å². The minimum Gasteiger partial charge on any atom is -0.480 e. The third-order valence-electron chi connectivity index (χ3n) is 3.57. The number of carboxylic acid groups (broad SMARTS) is 1. The van der Waals surface area contributed by atoms with Crippen molar-refractivity contribution in [3.05, 3.63) is 29.8 Å². The Balaban J connectivity index is 2.11. The monoisotopic (exact) mass is 247 g/mol. The molecule has 0 aromatic heterocycles. The lowest BCUT2D eigenvalue weighted by Gasteiger charge is -2.30. The average Bonchev–Trinajstić information content (AvgIpc) is 3.11. The highest BCUT2D eigenvalue weighted by atomic mass is 16.4. The largest absolute Gasteiger partial charge is 0.480 e. The molecular formula is C15H21NO2. The molecule has 18 heavy (non-hydrogen) atoms. The summed E-state index contributed by atoms with van der Waals surface area (Å²) in [5.41, 5.74) is 2.21. The van der Waals surface area contributed by atoms with E-state index < -0.39 is 5.97 Å². The summed E-state index contributed by atoms with van der Waals surface area (Å²) in [6, 6.07) is 8.39. The highest BCUT2D eigenvalue weighted by Gasteiger charge is 2.27. The van der Waals surface area contributed by atoms with Crippen molar-refractivity contribution in [2.24, 2.45) is 5.92 Å². The molecule has 1 aromatic carbocycles. The first kappa shape index (κ1) is 12.9. The predicted octanol–water partition coefficient (Wildman–Crippen LogP) is 3.07. The van der Waals surface area contributed by atoms with Crippen LogP contribution < -0.4 is 4.90 Å². The second-order valence-electron chi connectivity index (χ2n) is 5.39. The van der Waals surface area contributed by atoms with Gasteiger partial charge in [0, 0.05) is 11.7 Å². The first-order valence-electron chi connectivity index (χ1n) is 6.61. The Morgan fingerprint density at radius 1 is 1.39 bits per heavy atom.